The van der Waals surface area contributed by atoms with E-state index in [0.29, 0.717) is 0 Å². The summed E-state index contributed by atoms with van der Waals surface area (Å²) in [4.78, 5) is 0. The molecule has 0 atom stereocenters. The second-order valence-corrected chi connectivity index (χ2v) is 6.14. The van der Waals surface area contributed by atoms with Gasteiger partial charge < -0.3 is 9.30 Å². The molecule has 0 saturated carbocycles. The standard InChI is InChI=1S/C24H19NO/c1-25-23-11-7-6-10-21(23)22(24(25)19-8-4-3-5-9-19)17-14-18-12-15-20(26-2)16-13-18/h3-13,15-16H,1-2H3. The van der Waals surface area contributed by atoms with Crippen LogP contribution >= 0.6 is 0 Å². The van der Waals surface area contributed by atoms with Crippen LogP contribution in [0.15, 0.2) is 78.9 Å². The van der Waals surface area contributed by atoms with Crippen molar-refractivity contribution in [3.63, 3.8) is 0 Å². The summed E-state index contributed by atoms with van der Waals surface area (Å²) in [5.41, 5.74) is 5.53. The predicted molar refractivity (Wildman–Crippen MR) is 107 cm³/mol. The predicted octanol–water partition coefficient (Wildman–Crippen LogP) is 5.25. The monoisotopic (exact) mass is 337 g/mol. The van der Waals surface area contributed by atoms with E-state index in [2.05, 4.69) is 72.0 Å². The van der Waals surface area contributed by atoms with Crippen molar-refractivity contribution in [2.45, 2.75) is 0 Å². The van der Waals surface area contributed by atoms with Gasteiger partial charge in [-0.3, -0.25) is 0 Å². The van der Waals surface area contributed by atoms with Crippen molar-refractivity contribution in [1.29, 1.82) is 0 Å². The largest absolute Gasteiger partial charge is 0.497 e. The first-order valence-electron chi connectivity index (χ1n) is 8.57. The van der Waals surface area contributed by atoms with Gasteiger partial charge in [-0.25, -0.2) is 0 Å². The van der Waals surface area contributed by atoms with Gasteiger partial charge in [-0.1, -0.05) is 60.4 Å². The van der Waals surface area contributed by atoms with Crippen LogP contribution in [0.5, 0.6) is 5.75 Å². The Morgan fingerprint density at radius 3 is 2.19 bits per heavy atom. The van der Waals surface area contributed by atoms with Gasteiger partial charge in [0.2, 0.25) is 0 Å². The van der Waals surface area contributed by atoms with Gasteiger partial charge in [0.05, 0.1) is 18.4 Å². The molecule has 0 aliphatic heterocycles. The molecule has 0 N–H and O–H groups in total. The number of ether oxygens (including phenoxy) is 1. The number of aryl methyl sites for hydroxylation is 1. The van der Waals surface area contributed by atoms with Crippen molar-refractivity contribution in [3.05, 3.63) is 90.0 Å². The maximum absolute atomic E-state index is 5.22. The van der Waals surface area contributed by atoms with Crippen molar-refractivity contribution >= 4 is 10.9 Å². The third-order valence-electron chi connectivity index (χ3n) is 4.58. The smallest absolute Gasteiger partial charge is 0.118 e. The van der Waals surface area contributed by atoms with Gasteiger partial charge >= 0.3 is 0 Å². The van der Waals surface area contributed by atoms with E-state index >= 15 is 0 Å². The van der Waals surface area contributed by atoms with Crippen molar-refractivity contribution < 1.29 is 4.74 Å². The van der Waals surface area contributed by atoms with E-state index in [4.69, 9.17) is 4.74 Å². The molecule has 2 heteroatoms. The molecule has 2 nitrogen and oxygen atoms in total. The topological polar surface area (TPSA) is 14.2 Å². The van der Waals surface area contributed by atoms with Crippen LogP contribution in [0.25, 0.3) is 22.2 Å². The van der Waals surface area contributed by atoms with E-state index in [1.807, 2.05) is 30.3 Å². The van der Waals surface area contributed by atoms with Crippen molar-refractivity contribution in [1.82, 2.24) is 4.57 Å². The number of aromatic nitrogens is 1. The Morgan fingerprint density at radius 2 is 1.46 bits per heavy atom. The maximum Gasteiger partial charge on any atom is 0.118 e. The van der Waals surface area contributed by atoms with Gasteiger partial charge in [0.25, 0.3) is 0 Å². The van der Waals surface area contributed by atoms with Gasteiger partial charge in [-0.05, 0) is 35.9 Å². The van der Waals surface area contributed by atoms with Crippen LogP contribution < -0.4 is 4.74 Å². The third kappa shape index (κ3) is 2.85. The molecular formula is C24H19NO. The van der Waals surface area contributed by atoms with E-state index < -0.39 is 0 Å². The van der Waals surface area contributed by atoms with Gasteiger partial charge in [0.15, 0.2) is 0 Å². The van der Waals surface area contributed by atoms with E-state index in [-0.39, 0.29) is 0 Å². The lowest BCUT2D eigenvalue weighted by molar-refractivity contribution is 0.415. The molecule has 1 aromatic heterocycles. The van der Waals surface area contributed by atoms with Crippen LogP contribution in [0, 0.1) is 11.8 Å². The zero-order valence-corrected chi connectivity index (χ0v) is 14.9. The SMILES string of the molecule is COc1ccc(C#Cc2c(-c3ccccc3)n(C)c3ccccc23)cc1. The second kappa shape index (κ2) is 6.82. The Balaban J connectivity index is 1.90. The van der Waals surface area contributed by atoms with E-state index in [1.165, 1.54) is 16.5 Å². The molecule has 4 rings (SSSR count). The molecule has 1 heterocycles. The molecule has 0 spiro atoms. The Labute approximate surface area is 153 Å². The summed E-state index contributed by atoms with van der Waals surface area (Å²) in [6.07, 6.45) is 0. The molecule has 0 aliphatic rings. The molecular weight excluding hydrogens is 318 g/mol. The highest BCUT2D eigenvalue weighted by Gasteiger charge is 2.14. The zero-order chi connectivity index (χ0) is 17.9. The highest BCUT2D eigenvalue weighted by atomic mass is 16.5. The van der Waals surface area contributed by atoms with Gasteiger partial charge in [-0.15, -0.1) is 0 Å². The first-order chi connectivity index (χ1) is 12.8. The Hall–Kier alpha value is -3.44. The molecule has 0 unspecified atom stereocenters. The normalized spacial score (nSPS) is 10.4. The average molecular weight is 337 g/mol. The Bertz CT molecular complexity index is 1110. The lowest BCUT2D eigenvalue weighted by Gasteiger charge is -2.05. The summed E-state index contributed by atoms with van der Waals surface area (Å²) in [6, 6.07) is 26.7. The molecule has 0 fully saturated rings. The minimum absolute atomic E-state index is 0.839. The summed E-state index contributed by atoms with van der Waals surface area (Å²) in [5.74, 6) is 7.57. The minimum Gasteiger partial charge on any atom is -0.497 e. The maximum atomic E-state index is 5.22. The van der Waals surface area contributed by atoms with Crippen LogP contribution in [0.3, 0.4) is 0 Å². The average Bonchev–Trinajstić information content (AvgIpc) is 2.99. The van der Waals surface area contributed by atoms with E-state index in [0.717, 1.165) is 22.6 Å². The highest BCUT2D eigenvalue weighted by Crippen LogP contribution is 2.32. The lowest BCUT2D eigenvalue weighted by atomic mass is 10.0. The molecule has 4 aromatic rings. The number of rotatable bonds is 2. The van der Waals surface area contributed by atoms with Crippen LogP contribution in [0.1, 0.15) is 11.1 Å². The molecule has 26 heavy (non-hydrogen) atoms. The van der Waals surface area contributed by atoms with Crippen LogP contribution in [0.4, 0.5) is 0 Å². The summed E-state index contributed by atoms with van der Waals surface area (Å²) in [5, 5.41) is 1.18. The summed E-state index contributed by atoms with van der Waals surface area (Å²) in [7, 11) is 3.77. The van der Waals surface area contributed by atoms with E-state index in [9.17, 15) is 0 Å². The minimum atomic E-state index is 0.839. The van der Waals surface area contributed by atoms with Gasteiger partial charge in [-0.2, -0.15) is 0 Å². The number of benzene rings is 3. The highest BCUT2D eigenvalue weighted by molar-refractivity contribution is 5.95. The van der Waals surface area contributed by atoms with Gasteiger partial charge in [0, 0.05) is 23.5 Å². The molecule has 0 radical (unpaired) electrons. The van der Waals surface area contributed by atoms with Crippen molar-refractivity contribution in [2.24, 2.45) is 7.05 Å². The third-order valence-corrected chi connectivity index (χ3v) is 4.58. The zero-order valence-electron chi connectivity index (χ0n) is 14.9. The fourth-order valence-corrected chi connectivity index (χ4v) is 3.26. The van der Waals surface area contributed by atoms with Crippen LogP contribution in [-0.4, -0.2) is 11.7 Å². The van der Waals surface area contributed by atoms with Crippen LogP contribution in [0.2, 0.25) is 0 Å². The molecule has 0 amide bonds. The summed E-state index contributed by atoms with van der Waals surface area (Å²) in [6.45, 7) is 0. The van der Waals surface area contributed by atoms with Gasteiger partial charge in [0.1, 0.15) is 5.75 Å². The Kier molecular flexibility index (Phi) is 4.21. The number of nitrogens with zero attached hydrogens (tertiary/aromatic N) is 1. The molecule has 0 aliphatic carbocycles. The number of fused-ring (bicyclic) bond motifs is 1. The van der Waals surface area contributed by atoms with Crippen molar-refractivity contribution in [3.8, 4) is 28.8 Å². The Morgan fingerprint density at radius 1 is 0.769 bits per heavy atom. The lowest BCUT2D eigenvalue weighted by Crippen LogP contribution is -1.92. The number of hydrogen-bond acceptors (Lipinski definition) is 1. The fraction of sp³-hybridized carbons (Fsp3) is 0.0833. The van der Waals surface area contributed by atoms with Crippen molar-refractivity contribution in [2.75, 3.05) is 7.11 Å². The van der Waals surface area contributed by atoms with E-state index in [1.54, 1.807) is 7.11 Å². The fourth-order valence-electron chi connectivity index (χ4n) is 3.26. The summed E-state index contributed by atoms with van der Waals surface area (Å²) < 4.78 is 7.44. The molecule has 3 aromatic carbocycles. The quantitative estimate of drug-likeness (QED) is 0.455. The number of hydrogen-bond donors (Lipinski definition) is 0. The summed E-state index contributed by atoms with van der Waals surface area (Å²) >= 11 is 0. The number of para-hydroxylation sites is 1. The molecule has 0 bridgehead atoms. The second-order valence-electron chi connectivity index (χ2n) is 6.14. The first kappa shape index (κ1) is 16.1. The number of methoxy groups -OCH3 is 1. The van der Waals surface area contributed by atoms with Crippen LogP contribution in [-0.2, 0) is 7.05 Å². The molecule has 0 saturated heterocycles. The molecule has 126 valence electrons. The first-order valence-corrected chi connectivity index (χ1v) is 8.57.